The molecule has 6 nitrogen and oxygen atoms in total. The number of aliphatic imine (C=N–C) groups is 1. The Balaban J connectivity index is 1.29. The van der Waals surface area contributed by atoms with Crippen LogP contribution in [-0.4, -0.2) is 52.3 Å². The monoisotopic (exact) mass is 439 g/mol. The standard InChI is InChI=1S/C24H30ClN5O/c1-26-24(27-16-18-5-8-21(9-6-18)29-12-3-4-13-29)28-20-11-14-30(17-20)22-15-19(25)7-10-23(22)31-2/h3-10,15,20H,11-14,16-17H2,1-2H3,(H2,26,27,28). The molecule has 2 aliphatic rings. The molecule has 2 aromatic rings. The molecule has 7 heteroatoms. The maximum absolute atomic E-state index is 6.21. The van der Waals surface area contributed by atoms with Gasteiger partial charge in [-0.2, -0.15) is 0 Å². The summed E-state index contributed by atoms with van der Waals surface area (Å²) in [6, 6.07) is 14.8. The predicted octanol–water partition coefficient (Wildman–Crippen LogP) is 3.67. The molecule has 2 heterocycles. The minimum absolute atomic E-state index is 0.305. The van der Waals surface area contributed by atoms with Crippen LogP contribution >= 0.6 is 11.6 Å². The Bertz CT molecular complexity index is 935. The maximum atomic E-state index is 6.21. The smallest absolute Gasteiger partial charge is 0.191 e. The lowest BCUT2D eigenvalue weighted by Gasteiger charge is -2.22. The molecule has 2 aromatic carbocycles. The van der Waals surface area contributed by atoms with Crippen molar-refractivity contribution in [2.45, 2.75) is 19.0 Å². The highest BCUT2D eigenvalue weighted by atomic mass is 35.5. The van der Waals surface area contributed by atoms with Gasteiger partial charge in [-0.15, -0.1) is 0 Å². The molecule has 1 saturated heterocycles. The highest BCUT2D eigenvalue weighted by Crippen LogP contribution is 2.33. The molecule has 2 aliphatic heterocycles. The van der Waals surface area contributed by atoms with Gasteiger partial charge in [-0.3, -0.25) is 4.99 Å². The van der Waals surface area contributed by atoms with Crippen molar-refractivity contribution in [1.29, 1.82) is 0 Å². The van der Waals surface area contributed by atoms with E-state index in [4.69, 9.17) is 16.3 Å². The number of methoxy groups -OCH3 is 1. The Kier molecular flexibility index (Phi) is 6.87. The van der Waals surface area contributed by atoms with E-state index in [-0.39, 0.29) is 0 Å². The van der Waals surface area contributed by atoms with E-state index >= 15 is 0 Å². The first kappa shape index (κ1) is 21.4. The summed E-state index contributed by atoms with van der Waals surface area (Å²) in [5, 5.41) is 7.71. The van der Waals surface area contributed by atoms with Gasteiger partial charge in [0, 0.05) is 56.5 Å². The number of hydrogen-bond donors (Lipinski definition) is 2. The van der Waals surface area contributed by atoms with Gasteiger partial charge in [0.2, 0.25) is 0 Å². The van der Waals surface area contributed by atoms with Crippen LogP contribution in [0.1, 0.15) is 12.0 Å². The minimum Gasteiger partial charge on any atom is -0.495 e. The van der Waals surface area contributed by atoms with Crippen LogP contribution in [0.5, 0.6) is 5.75 Å². The summed E-state index contributed by atoms with van der Waals surface area (Å²) >= 11 is 6.21. The topological polar surface area (TPSA) is 52.1 Å². The van der Waals surface area contributed by atoms with Crippen LogP contribution in [0, 0.1) is 0 Å². The number of rotatable bonds is 6. The van der Waals surface area contributed by atoms with E-state index in [2.05, 4.69) is 61.8 Å². The summed E-state index contributed by atoms with van der Waals surface area (Å²) in [6.45, 7) is 4.53. The van der Waals surface area contributed by atoms with Crippen LogP contribution in [0.25, 0.3) is 0 Å². The van der Waals surface area contributed by atoms with Crippen molar-refractivity contribution < 1.29 is 4.74 Å². The van der Waals surface area contributed by atoms with Gasteiger partial charge in [0.05, 0.1) is 12.8 Å². The van der Waals surface area contributed by atoms with Crippen LogP contribution in [0.15, 0.2) is 59.6 Å². The van der Waals surface area contributed by atoms with Gasteiger partial charge >= 0.3 is 0 Å². The normalized spacial score (nSPS) is 18.5. The second-order valence-corrected chi connectivity index (χ2v) is 8.30. The molecule has 2 N–H and O–H groups in total. The SMILES string of the molecule is CN=C(NCc1ccc(N2CC=CC2)cc1)NC1CCN(c2cc(Cl)ccc2OC)C1. The van der Waals surface area contributed by atoms with Crippen molar-refractivity contribution >= 4 is 28.9 Å². The number of ether oxygens (including phenoxy) is 1. The molecule has 0 aromatic heterocycles. The van der Waals surface area contributed by atoms with Crippen LogP contribution in [0.2, 0.25) is 5.02 Å². The van der Waals surface area contributed by atoms with E-state index < -0.39 is 0 Å². The van der Waals surface area contributed by atoms with E-state index in [9.17, 15) is 0 Å². The fourth-order valence-corrected chi connectivity index (χ4v) is 4.26. The largest absolute Gasteiger partial charge is 0.495 e. The molecule has 0 spiro atoms. The molecule has 0 aliphatic carbocycles. The van der Waals surface area contributed by atoms with Crippen LogP contribution < -0.4 is 25.2 Å². The summed E-state index contributed by atoms with van der Waals surface area (Å²) in [4.78, 5) is 9.06. The van der Waals surface area contributed by atoms with Crippen LogP contribution in [-0.2, 0) is 6.54 Å². The number of nitrogens with one attached hydrogen (secondary N) is 2. The Morgan fingerprint density at radius 3 is 2.61 bits per heavy atom. The quantitative estimate of drug-likeness (QED) is 0.408. The molecule has 1 fully saturated rings. The van der Waals surface area contributed by atoms with Crippen molar-refractivity contribution in [1.82, 2.24) is 10.6 Å². The zero-order valence-corrected chi connectivity index (χ0v) is 18.9. The van der Waals surface area contributed by atoms with Gasteiger partial charge in [-0.05, 0) is 42.3 Å². The lowest BCUT2D eigenvalue weighted by atomic mass is 10.2. The summed E-state index contributed by atoms with van der Waals surface area (Å²) < 4.78 is 5.52. The summed E-state index contributed by atoms with van der Waals surface area (Å²) in [7, 11) is 3.50. The fourth-order valence-electron chi connectivity index (χ4n) is 4.09. The van der Waals surface area contributed by atoms with Gasteiger partial charge in [-0.1, -0.05) is 35.9 Å². The predicted molar refractivity (Wildman–Crippen MR) is 130 cm³/mol. The summed E-state index contributed by atoms with van der Waals surface area (Å²) in [5.41, 5.74) is 3.53. The number of halogens is 1. The van der Waals surface area contributed by atoms with Crippen LogP contribution in [0.3, 0.4) is 0 Å². The molecule has 1 atom stereocenters. The first-order valence-electron chi connectivity index (χ1n) is 10.7. The zero-order valence-electron chi connectivity index (χ0n) is 18.1. The molecular weight excluding hydrogens is 410 g/mol. The van der Waals surface area contributed by atoms with Crippen LogP contribution in [0.4, 0.5) is 11.4 Å². The highest BCUT2D eigenvalue weighted by Gasteiger charge is 2.25. The molecule has 0 amide bonds. The van der Waals surface area contributed by atoms with Gasteiger partial charge < -0.3 is 25.2 Å². The van der Waals surface area contributed by atoms with Crippen molar-refractivity contribution in [3.05, 3.63) is 65.2 Å². The van der Waals surface area contributed by atoms with Crippen molar-refractivity contribution in [3.8, 4) is 5.75 Å². The third-order valence-corrected chi connectivity index (χ3v) is 6.05. The number of nitrogens with zero attached hydrogens (tertiary/aromatic N) is 3. The average molecular weight is 440 g/mol. The van der Waals surface area contributed by atoms with Crippen molar-refractivity contribution in [2.75, 3.05) is 50.1 Å². The first-order valence-corrected chi connectivity index (χ1v) is 11.1. The Labute approximate surface area is 189 Å². The molecule has 4 rings (SSSR count). The second-order valence-electron chi connectivity index (χ2n) is 7.86. The van der Waals surface area contributed by atoms with Crippen molar-refractivity contribution in [3.63, 3.8) is 0 Å². The Morgan fingerprint density at radius 2 is 1.90 bits per heavy atom. The summed E-state index contributed by atoms with van der Waals surface area (Å²) in [6.07, 6.45) is 5.43. The number of anilines is 2. The molecule has 0 bridgehead atoms. The fraction of sp³-hybridized carbons (Fsp3) is 0.375. The number of hydrogen-bond acceptors (Lipinski definition) is 4. The molecule has 0 radical (unpaired) electrons. The van der Waals surface area contributed by atoms with Gasteiger partial charge in [0.25, 0.3) is 0 Å². The van der Waals surface area contributed by atoms with E-state index in [1.54, 1.807) is 7.11 Å². The lowest BCUT2D eigenvalue weighted by molar-refractivity contribution is 0.415. The number of benzene rings is 2. The highest BCUT2D eigenvalue weighted by molar-refractivity contribution is 6.30. The van der Waals surface area contributed by atoms with Gasteiger partial charge in [-0.25, -0.2) is 0 Å². The number of guanidine groups is 1. The Morgan fingerprint density at radius 1 is 1.13 bits per heavy atom. The molecule has 164 valence electrons. The molecular formula is C24H30ClN5O. The van der Waals surface area contributed by atoms with E-state index in [0.29, 0.717) is 6.04 Å². The van der Waals surface area contributed by atoms with E-state index in [1.165, 1.54) is 11.3 Å². The maximum Gasteiger partial charge on any atom is 0.191 e. The third kappa shape index (κ3) is 5.25. The van der Waals surface area contributed by atoms with E-state index in [0.717, 1.165) is 61.6 Å². The third-order valence-electron chi connectivity index (χ3n) is 5.81. The molecule has 1 unspecified atom stereocenters. The van der Waals surface area contributed by atoms with Gasteiger partial charge in [0.1, 0.15) is 5.75 Å². The Hall–Kier alpha value is -2.86. The first-order chi connectivity index (χ1) is 15.2. The van der Waals surface area contributed by atoms with Gasteiger partial charge in [0.15, 0.2) is 5.96 Å². The average Bonchev–Trinajstić information content (AvgIpc) is 3.49. The van der Waals surface area contributed by atoms with Crippen molar-refractivity contribution in [2.24, 2.45) is 4.99 Å². The van der Waals surface area contributed by atoms with E-state index in [1.807, 2.05) is 25.2 Å². The zero-order chi connectivity index (χ0) is 21.6. The lowest BCUT2D eigenvalue weighted by Crippen LogP contribution is -2.44. The minimum atomic E-state index is 0.305. The molecule has 31 heavy (non-hydrogen) atoms. The molecule has 0 saturated carbocycles. The second kappa shape index (κ2) is 9.96. The summed E-state index contributed by atoms with van der Waals surface area (Å²) in [5.74, 6) is 1.67.